The highest BCUT2D eigenvalue weighted by atomic mass is 32.1. The van der Waals surface area contributed by atoms with Crippen molar-refractivity contribution in [2.75, 3.05) is 6.61 Å². The summed E-state index contributed by atoms with van der Waals surface area (Å²) in [6, 6.07) is 9.94. The van der Waals surface area contributed by atoms with Gasteiger partial charge in [0, 0.05) is 17.6 Å². The van der Waals surface area contributed by atoms with Gasteiger partial charge in [-0.05, 0) is 12.5 Å². The van der Waals surface area contributed by atoms with Crippen molar-refractivity contribution in [3.8, 4) is 0 Å². The molecule has 2 aromatic rings. The van der Waals surface area contributed by atoms with Crippen LogP contribution in [0.1, 0.15) is 22.3 Å². The lowest BCUT2D eigenvalue weighted by atomic mass is 10.1. The van der Waals surface area contributed by atoms with Gasteiger partial charge in [-0.2, -0.15) is 0 Å². The first-order valence-corrected chi connectivity index (χ1v) is 6.47. The van der Waals surface area contributed by atoms with E-state index in [1.54, 1.807) is 11.3 Å². The molecule has 0 aliphatic heterocycles. The van der Waals surface area contributed by atoms with E-state index in [-0.39, 0.29) is 12.6 Å². The van der Waals surface area contributed by atoms with Gasteiger partial charge in [-0.3, -0.25) is 0 Å². The maximum Gasteiger partial charge on any atom is 0.107 e. The van der Waals surface area contributed by atoms with E-state index in [1.165, 1.54) is 0 Å². The lowest BCUT2D eigenvalue weighted by molar-refractivity contribution is 0.243. The van der Waals surface area contributed by atoms with Gasteiger partial charge in [-0.25, -0.2) is 4.98 Å². The molecule has 3 nitrogen and oxygen atoms in total. The molecule has 2 rings (SSSR count). The number of benzene rings is 1. The van der Waals surface area contributed by atoms with Crippen LogP contribution in [-0.4, -0.2) is 16.7 Å². The molecule has 0 radical (unpaired) electrons. The van der Waals surface area contributed by atoms with Gasteiger partial charge in [0.05, 0.1) is 12.6 Å². The van der Waals surface area contributed by atoms with Crippen LogP contribution in [0.4, 0.5) is 0 Å². The van der Waals surface area contributed by atoms with E-state index in [0.29, 0.717) is 6.54 Å². The number of aromatic nitrogens is 1. The van der Waals surface area contributed by atoms with Crippen LogP contribution in [0.15, 0.2) is 35.7 Å². The molecule has 90 valence electrons. The van der Waals surface area contributed by atoms with Crippen LogP contribution >= 0.6 is 11.3 Å². The number of rotatable bonds is 5. The summed E-state index contributed by atoms with van der Waals surface area (Å²) in [5, 5.41) is 15.8. The number of hydrogen-bond donors (Lipinski definition) is 2. The maximum absolute atomic E-state index is 9.38. The Labute approximate surface area is 105 Å². The average molecular weight is 248 g/mol. The molecule has 0 spiro atoms. The molecule has 1 atom stereocenters. The fourth-order valence-electron chi connectivity index (χ4n) is 1.67. The number of hydrogen-bond acceptors (Lipinski definition) is 4. The molecule has 0 aliphatic rings. The van der Waals surface area contributed by atoms with Crippen LogP contribution in [0.5, 0.6) is 0 Å². The fourth-order valence-corrected chi connectivity index (χ4v) is 2.39. The van der Waals surface area contributed by atoms with Crippen LogP contribution in [-0.2, 0) is 6.54 Å². The molecule has 0 saturated heterocycles. The molecule has 0 amide bonds. The summed E-state index contributed by atoms with van der Waals surface area (Å²) in [6.07, 6.45) is 0. The Morgan fingerprint density at radius 1 is 1.35 bits per heavy atom. The Kier molecular flexibility index (Phi) is 4.25. The van der Waals surface area contributed by atoms with Crippen LogP contribution in [0.25, 0.3) is 0 Å². The van der Waals surface area contributed by atoms with Gasteiger partial charge in [-0.1, -0.05) is 30.3 Å². The molecular formula is C13H16N2OS. The van der Waals surface area contributed by atoms with E-state index in [9.17, 15) is 5.11 Å². The van der Waals surface area contributed by atoms with Gasteiger partial charge in [0.1, 0.15) is 5.01 Å². The third-order valence-electron chi connectivity index (χ3n) is 2.55. The number of aliphatic hydroxyl groups excluding tert-OH is 1. The Balaban J connectivity index is 1.97. The average Bonchev–Trinajstić information content (AvgIpc) is 2.77. The third kappa shape index (κ3) is 3.36. The van der Waals surface area contributed by atoms with E-state index >= 15 is 0 Å². The van der Waals surface area contributed by atoms with Crippen molar-refractivity contribution in [1.82, 2.24) is 10.3 Å². The monoisotopic (exact) mass is 248 g/mol. The molecule has 17 heavy (non-hydrogen) atoms. The summed E-state index contributed by atoms with van der Waals surface area (Å²) in [4.78, 5) is 4.38. The van der Waals surface area contributed by atoms with Gasteiger partial charge in [0.15, 0.2) is 0 Å². The van der Waals surface area contributed by atoms with Crippen LogP contribution in [0.2, 0.25) is 0 Å². The van der Waals surface area contributed by atoms with Gasteiger partial charge in [-0.15, -0.1) is 11.3 Å². The Morgan fingerprint density at radius 3 is 2.71 bits per heavy atom. The van der Waals surface area contributed by atoms with E-state index in [2.05, 4.69) is 10.3 Å². The Hall–Kier alpha value is -1.23. The second kappa shape index (κ2) is 5.91. The first-order chi connectivity index (χ1) is 8.29. The minimum atomic E-state index is -0.0274. The topological polar surface area (TPSA) is 45.1 Å². The zero-order valence-corrected chi connectivity index (χ0v) is 10.6. The van der Waals surface area contributed by atoms with Gasteiger partial charge < -0.3 is 10.4 Å². The number of nitrogens with one attached hydrogen (secondary N) is 1. The first-order valence-electron chi connectivity index (χ1n) is 5.60. The van der Waals surface area contributed by atoms with E-state index in [0.717, 1.165) is 16.3 Å². The van der Waals surface area contributed by atoms with Gasteiger partial charge in [0.2, 0.25) is 0 Å². The first kappa shape index (κ1) is 12.2. The third-order valence-corrected chi connectivity index (χ3v) is 3.52. The summed E-state index contributed by atoms with van der Waals surface area (Å²) in [6.45, 7) is 2.77. The van der Waals surface area contributed by atoms with Crippen molar-refractivity contribution in [3.63, 3.8) is 0 Å². The van der Waals surface area contributed by atoms with Gasteiger partial charge >= 0.3 is 0 Å². The van der Waals surface area contributed by atoms with Crippen molar-refractivity contribution in [2.24, 2.45) is 0 Å². The highest BCUT2D eigenvalue weighted by Gasteiger charge is 2.09. The quantitative estimate of drug-likeness (QED) is 0.853. The van der Waals surface area contributed by atoms with Crippen LogP contribution in [0.3, 0.4) is 0 Å². The molecule has 0 saturated carbocycles. The van der Waals surface area contributed by atoms with Crippen LogP contribution in [0, 0.1) is 6.92 Å². The molecule has 1 heterocycles. The predicted molar refractivity (Wildman–Crippen MR) is 70.0 cm³/mol. The number of thiazole rings is 1. The molecule has 0 aliphatic carbocycles. The smallest absolute Gasteiger partial charge is 0.107 e. The number of aryl methyl sites for hydroxylation is 1. The molecule has 1 aromatic carbocycles. The summed E-state index contributed by atoms with van der Waals surface area (Å²) in [5.74, 6) is 0. The minimum Gasteiger partial charge on any atom is -0.394 e. The normalized spacial score (nSPS) is 12.6. The van der Waals surface area contributed by atoms with Crippen molar-refractivity contribution in [2.45, 2.75) is 19.5 Å². The predicted octanol–water partition coefficient (Wildman–Crippen LogP) is 2.27. The number of aliphatic hydroxyl groups is 1. The lowest BCUT2D eigenvalue weighted by Gasteiger charge is -2.15. The van der Waals surface area contributed by atoms with E-state index < -0.39 is 0 Å². The Bertz CT molecular complexity index is 455. The molecule has 0 bridgehead atoms. The Morgan fingerprint density at radius 2 is 2.12 bits per heavy atom. The lowest BCUT2D eigenvalue weighted by Crippen LogP contribution is -2.23. The molecular weight excluding hydrogens is 232 g/mol. The highest BCUT2D eigenvalue weighted by Crippen LogP contribution is 2.14. The summed E-state index contributed by atoms with van der Waals surface area (Å²) < 4.78 is 0. The zero-order chi connectivity index (χ0) is 12.1. The highest BCUT2D eigenvalue weighted by molar-refractivity contribution is 7.09. The van der Waals surface area contributed by atoms with Crippen molar-refractivity contribution >= 4 is 11.3 Å². The maximum atomic E-state index is 9.38. The summed E-state index contributed by atoms with van der Waals surface area (Å²) >= 11 is 1.64. The second-order valence-corrected chi connectivity index (χ2v) is 4.85. The van der Waals surface area contributed by atoms with Crippen LogP contribution < -0.4 is 5.32 Å². The SMILES string of the molecule is Cc1csc(CN[C@@H](CO)c2ccccc2)n1. The molecule has 0 fully saturated rings. The standard InChI is InChI=1S/C13H16N2OS/c1-10-9-17-13(15-10)7-14-12(8-16)11-5-3-2-4-6-11/h2-6,9,12,14,16H,7-8H2,1H3/t12-/m0/s1. The van der Waals surface area contributed by atoms with Crippen molar-refractivity contribution < 1.29 is 5.11 Å². The van der Waals surface area contributed by atoms with E-state index in [1.807, 2.05) is 42.6 Å². The minimum absolute atomic E-state index is 0.0274. The van der Waals surface area contributed by atoms with Gasteiger partial charge in [0.25, 0.3) is 0 Å². The molecule has 2 N–H and O–H groups in total. The zero-order valence-electron chi connectivity index (χ0n) is 9.76. The summed E-state index contributed by atoms with van der Waals surface area (Å²) in [5.41, 5.74) is 2.15. The molecule has 4 heteroatoms. The second-order valence-electron chi connectivity index (χ2n) is 3.91. The van der Waals surface area contributed by atoms with Crippen molar-refractivity contribution in [1.29, 1.82) is 0 Å². The molecule has 0 unspecified atom stereocenters. The largest absolute Gasteiger partial charge is 0.394 e. The number of nitrogens with zero attached hydrogens (tertiary/aromatic N) is 1. The molecule has 1 aromatic heterocycles. The van der Waals surface area contributed by atoms with E-state index in [4.69, 9.17) is 0 Å². The van der Waals surface area contributed by atoms with Crippen molar-refractivity contribution in [3.05, 3.63) is 52.0 Å². The fraction of sp³-hybridized carbons (Fsp3) is 0.308. The summed E-state index contributed by atoms with van der Waals surface area (Å²) in [7, 11) is 0.